The Morgan fingerprint density at radius 1 is 0.889 bits per heavy atom. The predicted molar refractivity (Wildman–Crippen MR) is 77.6 cm³/mol. The molecule has 0 aliphatic carbocycles. The van der Waals surface area contributed by atoms with Gasteiger partial charge in [-0.05, 0) is 26.2 Å². The van der Waals surface area contributed by atoms with E-state index in [1.54, 1.807) is 0 Å². The van der Waals surface area contributed by atoms with Crippen LogP contribution >= 0.6 is 0 Å². The normalized spacial score (nSPS) is 10.3. The summed E-state index contributed by atoms with van der Waals surface area (Å²) in [5.74, 6) is -0.0989. The van der Waals surface area contributed by atoms with E-state index in [2.05, 4.69) is 13.5 Å². The molecule has 0 aliphatic rings. The van der Waals surface area contributed by atoms with Crippen molar-refractivity contribution in [2.75, 3.05) is 6.61 Å². The Bertz CT molecular complexity index is 221. The van der Waals surface area contributed by atoms with Gasteiger partial charge in [0.1, 0.15) is 0 Å². The van der Waals surface area contributed by atoms with Crippen molar-refractivity contribution in [2.24, 2.45) is 0 Å². The van der Waals surface area contributed by atoms with Crippen molar-refractivity contribution in [1.29, 1.82) is 0 Å². The van der Waals surface area contributed by atoms with E-state index in [1.165, 1.54) is 50.5 Å². The van der Waals surface area contributed by atoms with Gasteiger partial charge < -0.3 is 4.74 Å². The van der Waals surface area contributed by atoms with Crippen LogP contribution in [0.4, 0.5) is 0 Å². The Balaban J connectivity index is 3.29. The van der Waals surface area contributed by atoms with Gasteiger partial charge in [0, 0.05) is 6.42 Å². The first-order chi connectivity index (χ1) is 8.70. The maximum absolute atomic E-state index is 11.2. The monoisotopic (exact) mass is 254 g/mol. The van der Waals surface area contributed by atoms with E-state index in [-0.39, 0.29) is 5.97 Å². The molecule has 0 aromatic carbocycles. The second kappa shape index (κ2) is 12.7. The van der Waals surface area contributed by atoms with E-state index in [1.807, 2.05) is 6.92 Å². The highest BCUT2D eigenvalue weighted by molar-refractivity contribution is 5.69. The zero-order valence-corrected chi connectivity index (χ0v) is 12.3. The molecule has 0 saturated heterocycles. The molecule has 0 N–H and O–H groups in total. The Morgan fingerprint density at radius 2 is 1.50 bits per heavy atom. The van der Waals surface area contributed by atoms with Crippen LogP contribution in [0.15, 0.2) is 12.2 Å². The van der Waals surface area contributed by atoms with Gasteiger partial charge in [-0.2, -0.15) is 0 Å². The number of unbranched alkanes of at least 4 members (excludes halogenated alkanes) is 6. The molecule has 0 atom stereocenters. The molecule has 0 aliphatic heterocycles. The summed E-state index contributed by atoms with van der Waals surface area (Å²) in [6, 6.07) is 0. The fourth-order valence-corrected chi connectivity index (χ4v) is 1.97. The lowest BCUT2D eigenvalue weighted by Gasteiger charge is -2.05. The van der Waals surface area contributed by atoms with Crippen molar-refractivity contribution in [2.45, 2.75) is 78.1 Å². The van der Waals surface area contributed by atoms with Crippen LogP contribution in [0.25, 0.3) is 0 Å². The smallest absolute Gasteiger partial charge is 0.306 e. The van der Waals surface area contributed by atoms with Crippen molar-refractivity contribution in [3.63, 3.8) is 0 Å². The van der Waals surface area contributed by atoms with Gasteiger partial charge in [0.25, 0.3) is 0 Å². The second-order valence-corrected chi connectivity index (χ2v) is 4.93. The lowest BCUT2D eigenvalue weighted by atomic mass is 10.0. The van der Waals surface area contributed by atoms with E-state index >= 15 is 0 Å². The molecule has 0 heterocycles. The summed E-state index contributed by atoms with van der Waals surface area (Å²) in [6.07, 6.45) is 11.6. The van der Waals surface area contributed by atoms with Crippen LogP contribution in [-0.2, 0) is 9.53 Å². The summed E-state index contributed by atoms with van der Waals surface area (Å²) in [7, 11) is 0. The molecule has 0 saturated carbocycles. The summed E-state index contributed by atoms with van der Waals surface area (Å²) >= 11 is 0. The van der Waals surface area contributed by atoms with Crippen LogP contribution in [-0.4, -0.2) is 12.6 Å². The minimum atomic E-state index is -0.0989. The van der Waals surface area contributed by atoms with Gasteiger partial charge in [0.05, 0.1) is 6.61 Å². The molecule has 0 rings (SSSR count). The molecule has 0 bridgehead atoms. The molecule has 2 heteroatoms. The molecule has 0 fully saturated rings. The highest BCUT2D eigenvalue weighted by atomic mass is 16.5. The third-order valence-corrected chi connectivity index (χ3v) is 3.12. The molecular weight excluding hydrogens is 224 g/mol. The number of ether oxygens (including phenoxy) is 1. The van der Waals surface area contributed by atoms with Gasteiger partial charge in [-0.3, -0.25) is 4.79 Å². The highest BCUT2D eigenvalue weighted by Crippen LogP contribution is 2.14. The summed E-state index contributed by atoms with van der Waals surface area (Å²) in [4.78, 5) is 11.2. The Morgan fingerprint density at radius 3 is 2.11 bits per heavy atom. The third-order valence-electron chi connectivity index (χ3n) is 3.12. The number of esters is 1. The summed E-state index contributed by atoms with van der Waals surface area (Å²) in [6.45, 7) is 8.58. The maximum Gasteiger partial charge on any atom is 0.306 e. The van der Waals surface area contributed by atoms with Crippen LogP contribution in [0.5, 0.6) is 0 Å². The van der Waals surface area contributed by atoms with E-state index in [9.17, 15) is 4.79 Å². The fraction of sp³-hybridized carbons (Fsp3) is 0.812. The Labute approximate surface area is 113 Å². The van der Waals surface area contributed by atoms with Gasteiger partial charge in [-0.1, -0.05) is 57.6 Å². The number of hydrogen-bond acceptors (Lipinski definition) is 2. The van der Waals surface area contributed by atoms with Crippen molar-refractivity contribution in [1.82, 2.24) is 0 Å². The standard InChI is InChI=1S/C16H30O2/c1-4-6-7-8-9-10-11-12-15(3)13-14-16(17)18-5-2/h3-14H2,1-2H3. The van der Waals surface area contributed by atoms with Crippen LogP contribution in [0.2, 0.25) is 0 Å². The molecule has 0 aromatic rings. The average Bonchev–Trinajstić information content (AvgIpc) is 2.35. The van der Waals surface area contributed by atoms with Crippen LogP contribution < -0.4 is 0 Å². The van der Waals surface area contributed by atoms with Crippen molar-refractivity contribution >= 4 is 5.97 Å². The quantitative estimate of drug-likeness (QED) is 0.277. The molecule has 106 valence electrons. The van der Waals surface area contributed by atoms with E-state index < -0.39 is 0 Å². The van der Waals surface area contributed by atoms with Crippen LogP contribution in [0, 0.1) is 0 Å². The minimum absolute atomic E-state index is 0.0989. The average molecular weight is 254 g/mol. The van der Waals surface area contributed by atoms with E-state index in [0.717, 1.165) is 12.8 Å². The highest BCUT2D eigenvalue weighted by Gasteiger charge is 2.03. The fourth-order valence-electron chi connectivity index (χ4n) is 1.97. The second-order valence-electron chi connectivity index (χ2n) is 4.93. The number of hydrogen-bond donors (Lipinski definition) is 0. The lowest BCUT2D eigenvalue weighted by molar-refractivity contribution is -0.143. The lowest BCUT2D eigenvalue weighted by Crippen LogP contribution is -2.03. The zero-order chi connectivity index (χ0) is 13.6. The number of carbonyl (C=O) groups is 1. The summed E-state index contributed by atoms with van der Waals surface area (Å²) < 4.78 is 4.89. The van der Waals surface area contributed by atoms with Crippen molar-refractivity contribution in [3.05, 3.63) is 12.2 Å². The molecule has 0 unspecified atom stereocenters. The topological polar surface area (TPSA) is 26.3 Å². The van der Waals surface area contributed by atoms with E-state index in [0.29, 0.717) is 13.0 Å². The number of carbonyl (C=O) groups excluding carboxylic acids is 1. The summed E-state index contributed by atoms with van der Waals surface area (Å²) in [5, 5.41) is 0. The third kappa shape index (κ3) is 11.7. The van der Waals surface area contributed by atoms with Gasteiger partial charge >= 0.3 is 5.97 Å². The predicted octanol–water partition coefficient (Wildman–Crippen LogP) is 5.03. The first-order valence-electron chi connectivity index (χ1n) is 7.53. The van der Waals surface area contributed by atoms with Crippen molar-refractivity contribution < 1.29 is 9.53 Å². The Hall–Kier alpha value is -0.790. The zero-order valence-electron chi connectivity index (χ0n) is 12.3. The van der Waals surface area contributed by atoms with Gasteiger partial charge in [-0.25, -0.2) is 0 Å². The Kier molecular flexibility index (Phi) is 12.1. The summed E-state index contributed by atoms with van der Waals surface area (Å²) in [5.41, 5.74) is 1.19. The van der Waals surface area contributed by atoms with Crippen molar-refractivity contribution in [3.8, 4) is 0 Å². The molecule has 0 amide bonds. The van der Waals surface area contributed by atoms with E-state index in [4.69, 9.17) is 4.74 Å². The maximum atomic E-state index is 11.2. The van der Waals surface area contributed by atoms with Gasteiger partial charge in [0.2, 0.25) is 0 Å². The number of rotatable bonds is 12. The molecule has 0 spiro atoms. The molecule has 0 aromatic heterocycles. The molecular formula is C16H30O2. The van der Waals surface area contributed by atoms with Gasteiger partial charge in [-0.15, -0.1) is 0 Å². The minimum Gasteiger partial charge on any atom is -0.466 e. The molecule has 0 radical (unpaired) electrons. The first kappa shape index (κ1) is 17.2. The van der Waals surface area contributed by atoms with Crippen LogP contribution in [0.1, 0.15) is 78.1 Å². The molecule has 18 heavy (non-hydrogen) atoms. The SMILES string of the molecule is C=C(CCCCCCCCC)CCC(=O)OCC. The van der Waals surface area contributed by atoms with Gasteiger partial charge in [0.15, 0.2) is 0 Å². The first-order valence-corrected chi connectivity index (χ1v) is 7.53. The largest absolute Gasteiger partial charge is 0.466 e. The number of allylic oxidation sites excluding steroid dienone is 1. The molecule has 2 nitrogen and oxygen atoms in total. The van der Waals surface area contributed by atoms with Crippen LogP contribution in [0.3, 0.4) is 0 Å².